The monoisotopic (exact) mass is 345 g/mol. The lowest BCUT2D eigenvalue weighted by atomic mass is 10.1. The Morgan fingerprint density at radius 3 is 2.50 bits per heavy atom. The van der Waals surface area contributed by atoms with Crippen LogP contribution in [0.4, 0.5) is 24.5 Å². The van der Waals surface area contributed by atoms with Crippen molar-refractivity contribution in [3.63, 3.8) is 0 Å². The van der Waals surface area contributed by atoms with E-state index in [1.807, 2.05) is 4.90 Å². The fraction of sp³-hybridized carbons (Fsp3) is 0.562. The molecular weight excluding hydrogens is 323 g/mol. The highest BCUT2D eigenvalue weighted by atomic mass is 19.4. The molecule has 1 aliphatic rings. The van der Waals surface area contributed by atoms with Gasteiger partial charge in [0.2, 0.25) is 0 Å². The van der Waals surface area contributed by atoms with Gasteiger partial charge in [0.05, 0.1) is 30.0 Å². The average molecular weight is 345 g/mol. The van der Waals surface area contributed by atoms with Gasteiger partial charge in [-0.3, -0.25) is 4.90 Å². The fourth-order valence-corrected chi connectivity index (χ4v) is 2.66. The number of nitrogens with zero attached hydrogens (tertiary/aromatic N) is 2. The number of carbonyl (C=O) groups excluding carboxylic acids is 1. The van der Waals surface area contributed by atoms with E-state index in [2.05, 4.69) is 0 Å². The lowest BCUT2D eigenvalue weighted by Crippen LogP contribution is -2.47. The van der Waals surface area contributed by atoms with Crippen molar-refractivity contribution in [1.29, 1.82) is 0 Å². The fourth-order valence-electron chi connectivity index (χ4n) is 2.66. The predicted molar refractivity (Wildman–Crippen MR) is 86.1 cm³/mol. The number of nitrogens with two attached hydrogens (primary N) is 1. The average Bonchev–Trinajstić information content (AvgIpc) is 2.53. The van der Waals surface area contributed by atoms with Crippen LogP contribution in [0, 0.1) is 0 Å². The van der Waals surface area contributed by atoms with Gasteiger partial charge in [-0.25, -0.2) is 4.79 Å². The Morgan fingerprint density at radius 1 is 1.25 bits per heavy atom. The second-order valence-corrected chi connectivity index (χ2v) is 5.69. The van der Waals surface area contributed by atoms with Crippen LogP contribution in [-0.2, 0) is 4.74 Å². The number of piperazine rings is 1. The van der Waals surface area contributed by atoms with Crippen molar-refractivity contribution in [1.82, 2.24) is 4.90 Å². The first-order valence-electron chi connectivity index (χ1n) is 7.91. The van der Waals surface area contributed by atoms with Gasteiger partial charge in [0.25, 0.3) is 0 Å². The maximum Gasteiger partial charge on any atom is 0.390 e. The van der Waals surface area contributed by atoms with Crippen molar-refractivity contribution in [3.8, 4) is 0 Å². The topological polar surface area (TPSA) is 58.8 Å². The van der Waals surface area contributed by atoms with Crippen LogP contribution in [0.1, 0.15) is 23.7 Å². The van der Waals surface area contributed by atoms with Crippen molar-refractivity contribution in [2.75, 3.05) is 50.0 Å². The normalized spacial score (nSPS) is 16.2. The molecule has 1 fully saturated rings. The first-order chi connectivity index (χ1) is 11.3. The molecule has 0 aromatic heterocycles. The van der Waals surface area contributed by atoms with Crippen LogP contribution in [0.25, 0.3) is 0 Å². The number of esters is 1. The number of hydrogen-bond donors (Lipinski definition) is 1. The van der Waals surface area contributed by atoms with Crippen molar-refractivity contribution >= 4 is 17.3 Å². The lowest BCUT2D eigenvalue weighted by Gasteiger charge is -2.36. The second kappa shape index (κ2) is 7.74. The molecule has 2 rings (SSSR count). The molecule has 0 radical (unpaired) electrons. The van der Waals surface area contributed by atoms with Crippen molar-refractivity contribution in [2.45, 2.75) is 19.5 Å². The van der Waals surface area contributed by atoms with Gasteiger partial charge in [0.1, 0.15) is 0 Å². The summed E-state index contributed by atoms with van der Waals surface area (Å²) in [7, 11) is 0. The van der Waals surface area contributed by atoms with E-state index in [9.17, 15) is 18.0 Å². The number of hydrogen-bond acceptors (Lipinski definition) is 5. The molecule has 134 valence electrons. The maximum absolute atomic E-state index is 12.3. The quantitative estimate of drug-likeness (QED) is 0.656. The van der Waals surface area contributed by atoms with Crippen LogP contribution in [0.5, 0.6) is 0 Å². The minimum atomic E-state index is -4.13. The van der Waals surface area contributed by atoms with Crippen LogP contribution in [0.2, 0.25) is 0 Å². The Hall–Kier alpha value is -1.96. The number of anilines is 2. The van der Waals surface area contributed by atoms with E-state index >= 15 is 0 Å². The number of nitrogen functional groups attached to an aromatic ring is 1. The molecule has 1 heterocycles. The molecule has 24 heavy (non-hydrogen) atoms. The van der Waals surface area contributed by atoms with Gasteiger partial charge in [-0.1, -0.05) is 0 Å². The smallest absolute Gasteiger partial charge is 0.390 e. The van der Waals surface area contributed by atoms with Crippen LogP contribution in [-0.4, -0.2) is 56.4 Å². The summed E-state index contributed by atoms with van der Waals surface area (Å²) in [6.07, 6.45) is -4.93. The Kier molecular flexibility index (Phi) is 5.93. The molecular formula is C16H22F3N3O2. The van der Waals surface area contributed by atoms with Gasteiger partial charge < -0.3 is 15.4 Å². The highest BCUT2D eigenvalue weighted by Gasteiger charge is 2.29. The SMILES string of the molecule is CCOC(=O)c1ccc(N)c(N2CCN(CCC(F)(F)F)CC2)c1. The van der Waals surface area contributed by atoms with E-state index in [1.54, 1.807) is 30.0 Å². The minimum absolute atomic E-state index is 0.00961. The van der Waals surface area contributed by atoms with E-state index in [0.29, 0.717) is 37.4 Å². The summed E-state index contributed by atoms with van der Waals surface area (Å²) in [5.41, 5.74) is 7.66. The summed E-state index contributed by atoms with van der Waals surface area (Å²) < 4.78 is 41.8. The third-order valence-corrected chi connectivity index (χ3v) is 3.97. The third kappa shape index (κ3) is 5.02. The number of halogens is 3. The molecule has 0 unspecified atom stereocenters. The predicted octanol–water partition coefficient (Wildman–Crippen LogP) is 2.52. The summed E-state index contributed by atoms with van der Waals surface area (Å²) in [6.45, 7) is 4.21. The molecule has 2 N–H and O–H groups in total. The largest absolute Gasteiger partial charge is 0.462 e. The molecule has 8 heteroatoms. The van der Waals surface area contributed by atoms with E-state index in [1.165, 1.54) is 0 Å². The van der Waals surface area contributed by atoms with Crippen LogP contribution in [0.3, 0.4) is 0 Å². The number of ether oxygens (including phenoxy) is 1. The highest BCUT2D eigenvalue weighted by molar-refractivity contribution is 5.92. The number of rotatable bonds is 5. The zero-order valence-corrected chi connectivity index (χ0v) is 13.6. The highest BCUT2D eigenvalue weighted by Crippen LogP contribution is 2.27. The zero-order chi connectivity index (χ0) is 17.7. The summed E-state index contributed by atoms with van der Waals surface area (Å²) in [6, 6.07) is 4.94. The summed E-state index contributed by atoms with van der Waals surface area (Å²) >= 11 is 0. The molecule has 0 amide bonds. The summed E-state index contributed by atoms with van der Waals surface area (Å²) in [5, 5.41) is 0. The molecule has 1 aromatic carbocycles. The Balaban J connectivity index is 1.98. The van der Waals surface area contributed by atoms with Gasteiger partial charge in [0.15, 0.2) is 0 Å². The first kappa shape index (κ1) is 18.4. The van der Waals surface area contributed by atoms with Crippen molar-refractivity contribution in [2.24, 2.45) is 0 Å². The molecule has 0 atom stereocenters. The first-order valence-corrected chi connectivity index (χ1v) is 7.91. The van der Waals surface area contributed by atoms with Crippen molar-refractivity contribution < 1.29 is 22.7 Å². The number of carbonyl (C=O) groups is 1. The molecule has 0 bridgehead atoms. The van der Waals surface area contributed by atoms with Gasteiger partial charge in [-0.2, -0.15) is 13.2 Å². The molecule has 1 aliphatic heterocycles. The van der Waals surface area contributed by atoms with E-state index < -0.39 is 18.6 Å². The molecule has 0 saturated carbocycles. The Morgan fingerprint density at radius 2 is 1.92 bits per heavy atom. The summed E-state index contributed by atoms with van der Waals surface area (Å²) in [4.78, 5) is 15.6. The molecule has 0 aliphatic carbocycles. The van der Waals surface area contributed by atoms with Crippen LogP contribution >= 0.6 is 0 Å². The molecule has 5 nitrogen and oxygen atoms in total. The Labute approximate surface area is 139 Å². The van der Waals surface area contributed by atoms with E-state index in [4.69, 9.17) is 10.5 Å². The second-order valence-electron chi connectivity index (χ2n) is 5.69. The maximum atomic E-state index is 12.3. The van der Waals surface area contributed by atoms with Crippen LogP contribution in [0.15, 0.2) is 18.2 Å². The van der Waals surface area contributed by atoms with Gasteiger partial charge >= 0.3 is 12.1 Å². The number of benzene rings is 1. The van der Waals surface area contributed by atoms with Crippen molar-refractivity contribution in [3.05, 3.63) is 23.8 Å². The summed E-state index contributed by atoms with van der Waals surface area (Å²) in [5.74, 6) is -0.414. The minimum Gasteiger partial charge on any atom is -0.462 e. The lowest BCUT2D eigenvalue weighted by molar-refractivity contribution is -0.138. The van der Waals surface area contributed by atoms with E-state index in [0.717, 1.165) is 5.69 Å². The van der Waals surface area contributed by atoms with Gasteiger partial charge in [0, 0.05) is 32.7 Å². The molecule has 0 spiro atoms. The number of alkyl halides is 3. The van der Waals surface area contributed by atoms with E-state index in [-0.39, 0.29) is 13.2 Å². The molecule has 1 saturated heterocycles. The standard InChI is InChI=1S/C16H22F3N3O2/c1-2-24-15(23)12-3-4-13(20)14(11-12)22-9-7-21(8-10-22)6-5-16(17,18)19/h3-4,11H,2,5-10,20H2,1H3. The van der Waals surface area contributed by atoms with Crippen LogP contribution < -0.4 is 10.6 Å². The van der Waals surface area contributed by atoms with Gasteiger partial charge in [-0.15, -0.1) is 0 Å². The third-order valence-electron chi connectivity index (χ3n) is 3.97. The zero-order valence-electron chi connectivity index (χ0n) is 13.6. The Bertz CT molecular complexity index is 570. The van der Waals surface area contributed by atoms with Gasteiger partial charge in [-0.05, 0) is 25.1 Å². The molecule has 1 aromatic rings.